The van der Waals surface area contributed by atoms with Crippen molar-refractivity contribution in [2.75, 3.05) is 5.32 Å². The highest BCUT2D eigenvalue weighted by molar-refractivity contribution is 7.15. The van der Waals surface area contributed by atoms with Crippen molar-refractivity contribution in [1.82, 2.24) is 4.98 Å². The molecule has 1 aromatic carbocycles. The molecule has 1 N–H and O–H groups in total. The SMILES string of the molecule is N#CC(=Cc1cccs1)C(=O)Nc1ncc(Cc2ccccc2Cl)s1. The fourth-order valence-corrected chi connectivity index (χ4v) is 3.80. The molecule has 3 rings (SSSR count). The van der Waals surface area contributed by atoms with E-state index < -0.39 is 5.91 Å². The summed E-state index contributed by atoms with van der Waals surface area (Å²) in [6.45, 7) is 0. The molecule has 0 fully saturated rings. The summed E-state index contributed by atoms with van der Waals surface area (Å²) >= 11 is 8.99. The summed E-state index contributed by atoms with van der Waals surface area (Å²) < 4.78 is 0. The van der Waals surface area contributed by atoms with Crippen LogP contribution in [0.1, 0.15) is 15.3 Å². The highest BCUT2D eigenvalue weighted by atomic mass is 35.5. The Kier molecular flexibility index (Phi) is 5.61. The molecule has 0 bridgehead atoms. The predicted molar refractivity (Wildman–Crippen MR) is 103 cm³/mol. The highest BCUT2D eigenvalue weighted by Crippen LogP contribution is 2.25. The zero-order valence-corrected chi connectivity index (χ0v) is 15.3. The molecular weight excluding hydrogens is 374 g/mol. The van der Waals surface area contributed by atoms with Gasteiger partial charge in [0.2, 0.25) is 0 Å². The first-order chi connectivity index (χ1) is 12.2. The van der Waals surface area contributed by atoms with Crippen molar-refractivity contribution in [3.63, 3.8) is 0 Å². The van der Waals surface area contributed by atoms with Crippen LogP contribution in [0.5, 0.6) is 0 Å². The smallest absolute Gasteiger partial charge is 0.268 e. The van der Waals surface area contributed by atoms with Crippen molar-refractivity contribution in [2.45, 2.75) is 6.42 Å². The zero-order valence-electron chi connectivity index (χ0n) is 12.9. The van der Waals surface area contributed by atoms with Crippen molar-refractivity contribution in [1.29, 1.82) is 5.26 Å². The number of aromatic nitrogens is 1. The minimum atomic E-state index is -0.463. The molecule has 0 saturated carbocycles. The number of hydrogen-bond donors (Lipinski definition) is 1. The molecule has 3 aromatic rings. The second-order valence-electron chi connectivity index (χ2n) is 5.04. The van der Waals surface area contributed by atoms with Gasteiger partial charge in [-0.25, -0.2) is 4.98 Å². The van der Waals surface area contributed by atoms with Crippen LogP contribution in [-0.2, 0) is 11.2 Å². The zero-order chi connectivity index (χ0) is 17.6. The third-order valence-electron chi connectivity index (χ3n) is 3.29. The Hall–Kier alpha value is -2.46. The quantitative estimate of drug-likeness (QED) is 0.496. The van der Waals surface area contributed by atoms with Crippen LogP contribution in [0.4, 0.5) is 5.13 Å². The monoisotopic (exact) mass is 385 g/mol. The maximum absolute atomic E-state index is 12.2. The molecule has 0 unspecified atom stereocenters. The average Bonchev–Trinajstić information content (AvgIpc) is 3.26. The Morgan fingerprint density at radius 1 is 1.32 bits per heavy atom. The number of amides is 1. The van der Waals surface area contributed by atoms with E-state index in [9.17, 15) is 10.1 Å². The summed E-state index contributed by atoms with van der Waals surface area (Å²) in [7, 11) is 0. The third-order valence-corrected chi connectivity index (χ3v) is 5.39. The second kappa shape index (κ2) is 8.08. The van der Waals surface area contributed by atoms with E-state index in [1.165, 1.54) is 22.7 Å². The Morgan fingerprint density at radius 3 is 2.88 bits per heavy atom. The van der Waals surface area contributed by atoms with Gasteiger partial charge in [0.15, 0.2) is 5.13 Å². The van der Waals surface area contributed by atoms with Gasteiger partial charge in [0.1, 0.15) is 11.6 Å². The van der Waals surface area contributed by atoms with E-state index in [1.54, 1.807) is 12.3 Å². The summed E-state index contributed by atoms with van der Waals surface area (Å²) in [6, 6.07) is 13.3. The topological polar surface area (TPSA) is 65.8 Å². The molecule has 25 heavy (non-hydrogen) atoms. The van der Waals surface area contributed by atoms with Gasteiger partial charge in [-0.05, 0) is 29.2 Å². The van der Waals surface area contributed by atoms with E-state index >= 15 is 0 Å². The Balaban J connectivity index is 1.69. The van der Waals surface area contributed by atoms with E-state index in [2.05, 4.69) is 10.3 Å². The summed E-state index contributed by atoms with van der Waals surface area (Å²) in [5, 5.41) is 14.9. The van der Waals surface area contributed by atoms with Crippen molar-refractivity contribution >= 4 is 51.4 Å². The van der Waals surface area contributed by atoms with Gasteiger partial charge in [-0.3, -0.25) is 10.1 Å². The molecule has 2 aromatic heterocycles. The lowest BCUT2D eigenvalue weighted by molar-refractivity contribution is -0.112. The average molecular weight is 386 g/mol. The largest absolute Gasteiger partial charge is 0.297 e. The lowest BCUT2D eigenvalue weighted by Gasteiger charge is -2.01. The lowest BCUT2D eigenvalue weighted by atomic mass is 10.1. The number of benzene rings is 1. The van der Waals surface area contributed by atoms with Gasteiger partial charge in [-0.2, -0.15) is 5.26 Å². The molecule has 4 nitrogen and oxygen atoms in total. The maximum Gasteiger partial charge on any atom is 0.268 e. The number of hydrogen-bond acceptors (Lipinski definition) is 5. The van der Waals surface area contributed by atoms with Crippen LogP contribution in [0.15, 0.2) is 53.5 Å². The number of carbonyl (C=O) groups excluding carboxylic acids is 1. The number of carbonyl (C=O) groups is 1. The first-order valence-corrected chi connectivity index (χ1v) is 9.38. The molecule has 0 aliphatic carbocycles. The number of anilines is 1. The fraction of sp³-hybridized carbons (Fsp3) is 0.0556. The van der Waals surface area contributed by atoms with Gasteiger partial charge >= 0.3 is 0 Å². The molecule has 0 saturated heterocycles. The fourth-order valence-electron chi connectivity index (χ4n) is 2.11. The number of halogens is 1. The van der Waals surface area contributed by atoms with Crippen LogP contribution >= 0.6 is 34.3 Å². The van der Waals surface area contributed by atoms with E-state index in [4.69, 9.17) is 11.6 Å². The van der Waals surface area contributed by atoms with Gasteiger partial charge in [0.25, 0.3) is 5.91 Å². The molecular formula is C18H12ClN3OS2. The molecule has 2 heterocycles. The van der Waals surface area contributed by atoms with E-state index in [0.717, 1.165) is 15.3 Å². The molecule has 7 heteroatoms. The lowest BCUT2D eigenvalue weighted by Crippen LogP contribution is -2.13. The summed E-state index contributed by atoms with van der Waals surface area (Å²) in [4.78, 5) is 18.3. The third kappa shape index (κ3) is 4.54. The number of thiophene rings is 1. The normalized spacial score (nSPS) is 11.1. The maximum atomic E-state index is 12.2. The van der Waals surface area contributed by atoms with Crippen molar-refractivity contribution in [2.24, 2.45) is 0 Å². The Bertz CT molecular complexity index is 955. The van der Waals surface area contributed by atoms with E-state index in [0.29, 0.717) is 16.6 Å². The highest BCUT2D eigenvalue weighted by Gasteiger charge is 2.13. The van der Waals surface area contributed by atoms with Crippen molar-refractivity contribution < 1.29 is 4.79 Å². The van der Waals surface area contributed by atoms with Crippen LogP contribution in [0.3, 0.4) is 0 Å². The molecule has 0 radical (unpaired) electrons. The molecule has 0 aliphatic heterocycles. The second-order valence-corrected chi connectivity index (χ2v) is 7.54. The molecule has 1 amide bonds. The Morgan fingerprint density at radius 2 is 2.16 bits per heavy atom. The van der Waals surface area contributed by atoms with Gasteiger partial charge in [0.05, 0.1) is 0 Å². The van der Waals surface area contributed by atoms with Crippen LogP contribution < -0.4 is 5.32 Å². The molecule has 0 spiro atoms. The number of nitrogens with zero attached hydrogens (tertiary/aromatic N) is 2. The first-order valence-electron chi connectivity index (χ1n) is 7.30. The van der Waals surface area contributed by atoms with Gasteiger partial charge in [0, 0.05) is 27.4 Å². The number of rotatable bonds is 5. The van der Waals surface area contributed by atoms with Gasteiger partial charge in [-0.1, -0.05) is 35.9 Å². The number of nitriles is 1. The van der Waals surface area contributed by atoms with Crippen molar-refractivity contribution in [3.8, 4) is 6.07 Å². The summed E-state index contributed by atoms with van der Waals surface area (Å²) in [5.41, 5.74) is 1.05. The molecule has 0 aliphatic rings. The van der Waals surface area contributed by atoms with E-state index in [1.807, 2.05) is 47.8 Å². The minimum Gasteiger partial charge on any atom is -0.297 e. The van der Waals surface area contributed by atoms with Crippen LogP contribution in [0.2, 0.25) is 5.02 Å². The van der Waals surface area contributed by atoms with Crippen LogP contribution in [0, 0.1) is 11.3 Å². The van der Waals surface area contributed by atoms with Crippen molar-refractivity contribution in [3.05, 3.63) is 73.9 Å². The standard InChI is InChI=1S/C18H12ClN3OS2/c19-16-6-2-1-4-12(16)8-15-11-21-18(25-15)22-17(23)13(10-20)9-14-5-3-7-24-14/h1-7,9,11H,8H2,(H,21,22,23). The first kappa shape index (κ1) is 17.4. The van der Waals surface area contributed by atoms with Crippen LogP contribution in [0.25, 0.3) is 6.08 Å². The molecule has 124 valence electrons. The summed E-state index contributed by atoms with van der Waals surface area (Å²) in [5.74, 6) is -0.463. The van der Waals surface area contributed by atoms with Gasteiger partial charge in [-0.15, -0.1) is 22.7 Å². The Labute approximate surface area is 158 Å². The van der Waals surface area contributed by atoms with E-state index in [-0.39, 0.29) is 5.57 Å². The number of nitrogens with one attached hydrogen (secondary N) is 1. The van der Waals surface area contributed by atoms with Crippen LogP contribution in [-0.4, -0.2) is 10.9 Å². The minimum absolute atomic E-state index is 0.0466. The number of thiazole rings is 1. The molecule has 0 atom stereocenters. The van der Waals surface area contributed by atoms with Gasteiger partial charge < -0.3 is 0 Å². The predicted octanol–water partition coefficient (Wildman–Crippen LogP) is 4.99. The summed E-state index contributed by atoms with van der Waals surface area (Å²) in [6.07, 6.45) is 3.92.